The van der Waals surface area contributed by atoms with Gasteiger partial charge in [0.15, 0.2) is 0 Å². The van der Waals surface area contributed by atoms with Crippen LogP contribution in [0, 0.1) is 0 Å². The summed E-state index contributed by atoms with van der Waals surface area (Å²) in [5.74, 6) is 2.63. The van der Waals surface area contributed by atoms with Crippen LogP contribution in [0.25, 0.3) is 0 Å². The Morgan fingerprint density at radius 3 is 2.31 bits per heavy atom. The minimum atomic E-state index is 0.668. The molecule has 13 heavy (non-hydrogen) atoms. The summed E-state index contributed by atoms with van der Waals surface area (Å²) in [6.45, 7) is 0. The minimum Gasteiger partial charge on any atom is -0.143 e. The smallest absolute Gasteiger partial charge is 0.0751 e. The summed E-state index contributed by atoms with van der Waals surface area (Å²) in [5.41, 5.74) is 1.46. The van der Waals surface area contributed by atoms with E-state index >= 15 is 0 Å². The highest BCUT2D eigenvalue weighted by atomic mass is 79.9. The lowest BCUT2D eigenvalue weighted by Gasteiger charge is -2.20. The third kappa shape index (κ3) is 2.67. The van der Waals surface area contributed by atoms with E-state index in [1.54, 1.807) is 0 Å². The number of thioether (sulfide) groups is 2. The second kappa shape index (κ2) is 4.76. The fourth-order valence-corrected chi connectivity index (χ4v) is 4.46. The van der Waals surface area contributed by atoms with Gasteiger partial charge < -0.3 is 0 Å². The second-order valence-corrected chi connectivity index (χ2v) is 6.62. The molecular formula is C10H11BrS2. The Bertz CT molecular complexity index is 265. The van der Waals surface area contributed by atoms with E-state index < -0.39 is 0 Å². The molecule has 3 heteroatoms. The molecule has 0 nitrogen and oxygen atoms in total. The van der Waals surface area contributed by atoms with Crippen LogP contribution in [0.5, 0.6) is 0 Å². The molecule has 1 aliphatic rings. The van der Waals surface area contributed by atoms with Gasteiger partial charge in [-0.3, -0.25) is 0 Å². The first kappa shape index (κ1) is 9.94. The second-order valence-electron chi connectivity index (χ2n) is 2.98. The van der Waals surface area contributed by atoms with Crippen molar-refractivity contribution >= 4 is 39.5 Å². The van der Waals surface area contributed by atoms with Gasteiger partial charge in [0.05, 0.1) is 4.58 Å². The summed E-state index contributed by atoms with van der Waals surface area (Å²) in [6.07, 6.45) is 1.36. The summed E-state index contributed by atoms with van der Waals surface area (Å²) >= 11 is 7.60. The summed E-state index contributed by atoms with van der Waals surface area (Å²) in [5, 5.41) is 0. The first-order chi connectivity index (χ1) is 6.36. The lowest BCUT2D eigenvalue weighted by atomic mass is 10.2. The van der Waals surface area contributed by atoms with Crippen LogP contribution in [0.2, 0.25) is 0 Å². The first-order valence-electron chi connectivity index (χ1n) is 4.35. The molecule has 1 heterocycles. The Kier molecular flexibility index (Phi) is 3.64. The fourth-order valence-electron chi connectivity index (χ4n) is 1.30. The van der Waals surface area contributed by atoms with Gasteiger partial charge in [0.2, 0.25) is 0 Å². The maximum absolute atomic E-state index is 3.46. The maximum atomic E-state index is 3.46. The van der Waals surface area contributed by atoms with E-state index in [4.69, 9.17) is 0 Å². The SMILES string of the molecule is Brc1ccc(C2SCCCS2)cc1. The van der Waals surface area contributed by atoms with Gasteiger partial charge in [-0.25, -0.2) is 0 Å². The molecule has 1 aromatic rings. The molecule has 0 radical (unpaired) electrons. The predicted octanol–water partition coefficient (Wildman–Crippen LogP) is 4.32. The predicted molar refractivity (Wildman–Crippen MR) is 66.4 cm³/mol. The van der Waals surface area contributed by atoms with Gasteiger partial charge in [0.1, 0.15) is 0 Å². The Morgan fingerprint density at radius 1 is 1.08 bits per heavy atom. The third-order valence-electron chi connectivity index (χ3n) is 1.97. The van der Waals surface area contributed by atoms with Crippen LogP contribution < -0.4 is 0 Å². The standard InChI is InChI=1S/C10H11BrS2/c11-9-4-2-8(3-5-9)10-12-6-1-7-13-10/h2-5,10H,1,6-7H2. The number of rotatable bonds is 1. The Balaban J connectivity index is 2.10. The molecule has 0 bridgehead atoms. The monoisotopic (exact) mass is 274 g/mol. The van der Waals surface area contributed by atoms with Crippen LogP contribution in [0.4, 0.5) is 0 Å². The topological polar surface area (TPSA) is 0 Å². The summed E-state index contributed by atoms with van der Waals surface area (Å²) in [6, 6.07) is 8.70. The zero-order valence-corrected chi connectivity index (χ0v) is 10.4. The Labute approximate surface area is 96.0 Å². The molecule has 0 amide bonds. The van der Waals surface area contributed by atoms with Crippen LogP contribution in [0.3, 0.4) is 0 Å². The molecule has 1 aliphatic heterocycles. The van der Waals surface area contributed by atoms with E-state index in [0.717, 1.165) is 0 Å². The van der Waals surface area contributed by atoms with Crippen LogP contribution >= 0.6 is 39.5 Å². The quantitative estimate of drug-likeness (QED) is 0.748. The Morgan fingerprint density at radius 2 is 1.69 bits per heavy atom. The molecule has 2 rings (SSSR count). The summed E-state index contributed by atoms with van der Waals surface area (Å²) in [4.78, 5) is 0. The van der Waals surface area contributed by atoms with Gasteiger partial charge in [-0.15, -0.1) is 23.5 Å². The summed E-state index contributed by atoms with van der Waals surface area (Å²) < 4.78 is 1.84. The van der Waals surface area contributed by atoms with E-state index in [2.05, 4.69) is 63.7 Å². The molecule has 70 valence electrons. The molecule has 1 saturated heterocycles. The normalized spacial score (nSPS) is 18.8. The number of hydrogen-bond donors (Lipinski definition) is 0. The lowest BCUT2D eigenvalue weighted by molar-refractivity contribution is 1.10. The van der Waals surface area contributed by atoms with Gasteiger partial charge >= 0.3 is 0 Å². The van der Waals surface area contributed by atoms with Crippen molar-refractivity contribution < 1.29 is 0 Å². The van der Waals surface area contributed by atoms with Crippen LogP contribution in [-0.4, -0.2) is 11.5 Å². The van der Waals surface area contributed by atoms with E-state index in [0.29, 0.717) is 4.58 Å². The minimum absolute atomic E-state index is 0.668. The van der Waals surface area contributed by atoms with Crippen molar-refractivity contribution in [2.45, 2.75) is 11.0 Å². The molecule has 0 atom stereocenters. The zero-order chi connectivity index (χ0) is 9.10. The van der Waals surface area contributed by atoms with Crippen molar-refractivity contribution in [1.29, 1.82) is 0 Å². The van der Waals surface area contributed by atoms with Gasteiger partial charge in [-0.05, 0) is 35.6 Å². The van der Waals surface area contributed by atoms with Crippen molar-refractivity contribution in [3.63, 3.8) is 0 Å². The molecule has 0 spiro atoms. The molecule has 0 saturated carbocycles. The lowest BCUT2D eigenvalue weighted by Crippen LogP contribution is -1.99. The fraction of sp³-hybridized carbons (Fsp3) is 0.400. The van der Waals surface area contributed by atoms with Crippen molar-refractivity contribution in [1.82, 2.24) is 0 Å². The van der Waals surface area contributed by atoms with Crippen molar-refractivity contribution in [3.05, 3.63) is 34.3 Å². The number of benzene rings is 1. The maximum Gasteiger partial charge on any atom is 0.0751 e. The van der Waals surface area contributed by atoms with Crippen molar-refractivity contribution in [2.75, 3.05) is 11.5 Å². The first-order valence-corrected chi connectivity index (χ1v) is 7.24. The van der Waals surface area contributed by atoms with Gasteiger partial charge in [0.25, 0.3) is 0 Å². The molecule has 0 aromatic heterocycles. The average Bonchev–Trinajstić information content (AvgIpc) is 2.20. The van der Waals surface area contributed by atoms with Crippen LogP contribution in [-0.2, 0) is 0 Å². The highest BCUT2D eigenvalue weighted by Crippen LogP contribution is 2.43. The van der Waals surface area contributed by atoms with E-state index in [1.807, 2.05) is 0 Å². The molecule has 0 aliphatic carbocycles. The highest BCUT2D eigenvalue weighted by molar-refractivity contribution is 9.10. The molecule has 1 aromatic carbocycles. The molecule has 1 fully saturated rings. The Hall–Kier alpha value is 0.400. The van der Waals surface area contributed by atoms with Crippen LogP contribution in [0.15, 0.2) is 28.7 Å². The van der Waals surface area contributed by atoms with E-state index in [9.17, 15) is 0 Å². The van der Waals surface area contributed by atoms with Gasteiger partial charge in [-0.2, -0.15) is 0 Å². The molecule has 0 unspecified atom stereocenters. The van der Waals surface area contributed by atoms with Gasteiger partial charge in [-0.1, -0.05) is 28.1 Å². The number of halogens is 1. The third-order valence-corrected chi connectivity index (χ3v) is 5.51. The highest BCUT2D eigenvalue weighted by Gasteiger charge is 2.15. The van der Waals surface area contributed by atoms with E-state index in [-0.39, 0.29) is 0 Å². The summed E-state index contributed by atoms with van der Waals surface area (Å²) in [7, 11) is 0. The van der Waals surface area contributed by atoms with Crippen molar-refractivity contribution in [2.24, 2.45) is 0 Å². The molecular weight excluding hydrogens is 264 g/mol. The van der Waals surface area contributed by atoms with Crippen molar-refractivity contribution in [3.8, 4) is 0 Å². The zero-order valence-electron chi connectivity index (χ0n) is 7.20. The van der Waals surface area contributed by atoms with E-state index in [1.165, 1.54) is 28.0 Å². The van der Waals surface area contributed by atoms with Crippen LogP contribution in [0.1, 0.15) is 16.6 Å². The largest absolute Gasteiger partial charge is 0.143 e. The average molecular weight is 275 g/mol. The molecule has 0 N–H and O–H groups in total. The number of hydrogen-bond acceptors (Lipinski definition) is 2. The van der Waals surface area contributed by atoms with Gasteiger partial charge in [0, 0.05) is 4.47 Å².